The first-order valence-corrected chi connectivity index (χ1v) is 16.4. The molecule has 44 heavy (non-hydrogen) atoms. The van der Waals surface area contributed by atoms with Gasteiger partial charge in [0, 0.05) is 25.3 Å². The van der Waals surface area contributed by atoms with Gasteiger partial charge >= 0.3 is 0 Å². The molecule has 0 bridgehead atoms. The van der Waals surface area contributed by atoms with Crippen LogP contribution in [0.2, 0.25) is 5.02 Å². The number of amides is 1. The van der Waals surface area contributed by atoms with Crippen molar-refractivity contribution >= 4 is 62.7 Å². The predicted molar refractivity (Wildman–Crippen MR) is 183 cm³/mol. The maximum atomic E-state index is 13.4. The fourth-order valence-corrected chi connectivity index (χ4v) is 6.92. The number of hydrogen-bond donors (Lipinski definition) is 0. The summed E-state index contributed by atoms with van der Waals surface area (Å²) in [4.78, 5) is 22.9. The second-order valence-electron chi connectivity index (χ2n) is 10.9. The highest BCUT2D eigenvalue weighted by molar-refractivity contribution is 8.18. The van der Waals surface area contributed by atoms with Crippen LogP contribution in [0.25, 0.3) is 16.8 Å². The number of carbonyl (C=O) groups is 1. The van der Waals surface area contributed by atoms with Gasteiger partial charge in [-0.2, -0.15) is 0 Å². The largest absolute Gasteiger partial charge is 0.490 e. The van der Waals surface area contributed by atoms with E-state index in [0.29, 0.717) is 46.4 Å². The molecule has 0 aliphatic carbocycles. The van der Waals surface area contributed by atoms with Crippen molar-refractivity contribution in [2.45, 2.75) is 39.7 Å². The number of amidine groups is 1. The number of benzene rings is 4. The quantitative estimate of drug-likeness (QED) is 0.174. The number of anilines is 1. The second kappa shape index (κ2) is 13.8. The number of fused-ring (bicyclic) bond motifs is 1. The number of nitrogens with zero attached hydrogens (tertiary/aromatic N) is 3. The summed E-state index contributed by atoms with van der Waals surface area (Å²) in [7, 11) is 0. The molecule has 0 unspecified atom stereocenters. The highest BCUT2D eigenvalue weighted by Crippen LogP contribution is 2.40. The summed E-state index contributed by atoms with van der Waals surface area (Å²) in [6.07, 6.45) is 5.63. The number of ether oxygens (including phenoxy) is 2. The van der Waals surface area contributed by atoms with Gasteiger partial charge in [-0.1, -0.05) is 48.0 Å². The number of halogens is 1. The average molecular weight is 626 g/mol. The topological polar surface area (TPSA) is 54.4 Å². The summed E-state index contributed by atoms with van der Waals surface area (Å²) >= 11 is 8.12. The molecule has 0 spiro atoms. The van der Waals surface area contributed by atoms with Gasteiger partial charge in [-0.15, -0.1) is 0 Å². The van der Waals surface area contributed by atoms with Gasteiger partial charge in [-0.05, 0) is 115 Å². The van der Waals surface area contributed by atoms with E-state index in [9.17, 15) is 4.79 Å². The van der Waals surface area contributed by atoms with E-state index >= 15 is 0 Å². The molecule has 0 saturated carbocycles. The molecule has 4 aromatic rings. The molecule has 4 aromatic carbocycles. The number of piperidine rings is 1. The first-order chi connectivity index (χ1) is 21.5. The summed E-state index contributed by atoms with van der Waals surface area (Å²) < 4.78 is 12.1. The van der Waals surface area contributed by atoms with E-state index in [-0.39, 0.29) is 5.91 Å². The first-order valence-electron chi connectivity index (χ1n) is 15.2. The third-order valence-electron chi connectivity index (χ3n) is 7.83. The van der Waals surface area contributed by atoms with Crippen LogP contribution >= 0.6 is 23.4 Å². The zero-order chi connectivity index (χ0) is 30.5. The van der Waals surface area contributed by atoms with Crippen LogP contribution in [0.3, 0.4) is 0 Å². The summed E-state index contributed by atoms with van der Waals surface area (Å²) in [5.74, 6) is 0.949. The predicted octanol–water partition coefficient (Wildman–Crippen LogP) is 9.09. The number of likely N-dealkylation sites (N-methyl/N-ethyl adjacent to an activating group) is 1. The minimum Gasteiger partial charge on any atom is -0.490 e. The Bertz CT molecular complexity index is 1710. The van der Waals surface area contributed by atoms with Crippen molar-refractivity contribution in [1.82, 2.24) is 4.90 Å². The standard InChI is InChI=1S/C36H36ClN3O3S/c1-3-40-35(41)33(44-36(40)38-29-14-16-30(17-15-29)39-18-8-5-9-19-39)23-26-21-31(37)34(32(22-26)42-4-2)43-24-25-12-13-27-10-6-7-11-28(27)20-25/h6-7,10-17,20-23H,3-5,8-9,18-19,24H2,1-2H3/b33-23-,38-36?. The Labute approximate surface area is 268 Å². The Balaban J connectivity index is 1.21. The van der Waals surface area contributed by atoms with Crippen LogP contribution in [-0.2, 0) is 11.4 Å². The lowest BCUT2D eigenvalue weighted by atomic mass is 10.1. The van der Waals surface area contributed by atoms with Crippen LogP contribution in [0.5, 0.6) is 11.5 Å². The van der Waals surface area contributed by atoms with Crippen LogP contribution in [-0.4, -0.2) is 42.2 Å². The maximum absolute atomic E-state index is 13.4. The monoisotopic (exact) mass is 625 g/mol. The molecule has 2 aliphatic rings. The van der Waals surface area contributed by atoms with Gasteiger partial charge in [0.2, 0.25) is 0 Å². The molecule has 0 N–H and O–H groups in total. The van der Waals surface area contributed by atoms with Gasteiger partial charge in [0.15, 0.2) is 16.7 Å². The smallest absolute Gasteiger partial charge is 0.266 e. The fraction of sp³-hybridized carbons (Fsp3) is 0.278. The molecule has 2 aliphatic heterocycles. The lowest BCUT2D eigenvalue weighted by Crippen LogP contribution is -2.29. The third-order valence-corrected chi connectivity index (χ3v) is 9.11. The molecule has 6 nitrogen and oxygen atoms in total. The molecule has 226 valence electrons. The van der Waals surface area contributed by atoms with Crippen molar-refractivity contribution in [3.63, 3.8) is 0 Å². The van der Waals surface area contributed by atoms with Crippen molar-refractivity contribution in [3.8, 4) is 11.5 Å². The van der Waals surface area contributed by atoms with Crippen LogP contribution in [0, 0.1) is 0 Å². The van der Waals surface area contributed by atoms with Crippen LogP contribution in [0.1, 0.15) is 44.2 Å². The molecular formula is C36H36ClN3O3S. The van der Waals surface area contributed by atoms with Crippen LogP contribution in [0.15, 0.2) is 88.8 Å². The molecule has 6 rings (SSSR count). The summed E-state index contributed by atoms with van der Waals surface area (Å²) in [6.45, 7) is 7.41. The Morgan fingerprint density at radius 2 is 1.68 bits per heavy atom. The number of carbonyl (C=O) groups excluding carboxylic acids is 1. The van der Waals surface area contributed by atoms with E-state index in [1.54, 1.807) is 4.90 Å². The second-order valence-corrected chi connectivity index (χ2v) is 12.3. The maximum Gasteiger partial charge on any atom is 0.266 e. The number of aliphatic imine (C=N–C) groups is 1. The number of hydrogen-bond acceptors (Lipinski definition) is 6. The highest BCUT2D eigenvalue weighted by atomic mass is 35.5. The van der Waals surface area contributed by atoms with Gasteiger partial charge < -0.3 is 14.4 Å². The Morgan fingerprint density at radius 1 is 0.909 bits per heavy atom. The van der Waals surface area contributed by atoms with Gasteiger partial charge in [0.05, 0.1) is 22.2 Å². The van der Waals surface area contributed by atoms with Crippen molar-refractivity contribution in [1.29, 1.82) is 0 Å². The van der Waals surface area contributed by atoms with Crippen molar-refractivity contribution in [2.24, 2.45) is 4.99 Å². The van der Waals surface area contributed by atoms with E-state index in [1.807, 2.05) is 56.3 Å². The SMILES string of the molecule is CCOc1cc(/C=C2\SC(=Nc3ccc(N4CCCCC4)cc3)N(CC)C2=O)cc(Cl)c1OCc1ccc2ccccc2c1. The Kier molecular flexibility index (Phi) is 9.43. The van der Waals surface area contributed by atoms with E-state index < -0.39 is 0 Å². The van der Waals surface area contributed by atoms with E-state index in [4.69, 9.17) is 26.1 Å². The van der Waals surface area contributed by atoms with Gasteiger partial charge in [0.1, 0.15) is 6.61 Å². The lowest BCUT2D eigenvalue weighted by Gasteiger charge is -2.28. The summed E-state index contributed by atoms with van der Waals surface area (Å²) in [5.41, 5.74) is 3.85. The minimum absolute atomic E-state index is 0.0769. The molecule has 0 aromatic heterocycles. The van der Waals surface area contributed by atoms with Gasteiger partial charge in [0.25, 0.3) is 5.91 Å². The van der Waals surface area contributed by atoms with Gasteiger partial charge in [-0.3, -0.25) is 9.69 Å². The Morgan fingerprint density at radius 3 is 2.43 bits per heavy atom. The highest BCUT2D eigenvalue weighted by Gasteiger charge is 2.32. The zero-order valence-electron chi connectivity index (χ0n) is 25.1. The molecular weight excluding hydrogens is 590 g/mol. The third kappa shape index (κ3) is 6.74. The molecule has 8 heteroatoms. The lowest BCUT2D eigenvalue weighted by molar-refractivity contribution is -0.122. The molecule has 1 amide bonds. The minimum atomic E-state index is -0.0769. The number of thioether (sulfide) groups is 1. The Hall–Kier alpha value is -3.94. The van der Waals surface area contributed by atoms with Gasteiger partial charge in [-0.25, -0.2) is 4.99 Å². The van der Waals surface area contributed by atoms with Crippen molar-refractivity contribution in [2.75, 3.05) is 31.1 Å². The van der Waals surface area contributed by atoms with Crippen molar-refractivity contribution < 1.29 is 14.3 Å². The molecule has 0 radical (unpaired) electrons. The molecule has 2 fully saturated rings. The van der Waals surface area contributed by atoms with Crippen LogP contribution < -0.4 is 14.4 Å². The average Bonchev–Trinajstić information content (AvgIpc) is 3.34. The molecule has 2 saturated heterocycles. The van der Waals surface area contributed by atoms with E-state index in [2.05, 4.69) is 47.4 Å². The van der Waals surface area contributed by atoms with Crippen LogP contribution in [0.4, 0.5) is 11.4 Å². The normalized spacial score (nSPS) is 17.2. The number of rotatable bonds is 9. The fourth-order valence-electron chi connectivity index (χ4n) is 5.58. The summed E-state index contributed by atoms with van der Waals surface area (Å²) in [5, 5.41) is 3.43. The molecule has 2 heterocycles. The molecule has 0 atom stereocenters. The first kappa shape index (κ1) is 30.1. The van der Waals surface area contributed by atoms with Crippen molar-refractivity contribution in [3.05, 3.63) is 99.9 Å². The van der Waals surface area contributed by atoms with E-state index in [0.717, 1.165) is 35.3 Å². The zero-order valence-corrected chi connectivity index (χ0v) is 26.7. The summed E-state index contributed by atoms with van der Waals surface area (Å²) in [6, 6.07) is 26.5. The van der Waals surface area contributed by atoms with E-state index in [1.165, 1.54) is 42.1 Å².